The molecule has 0 fully saturated rings. The van der Waals surface area contributed by atoms with Crippen molar-refractivity contribution in [3.05, 3.63) is 21.3 Å². The van der Waals surface area contributed by atoms with E-state index in [0.29, 0.717) is 0 Å². The van der Waals surface area contributed by atoms with Crippen LogP contribution < -0.4 is 0 Å². The van der Waals surface area contributed by atoms with Gasteiger partial charge in [-0.15, -0.1) is 22.2 Å². The number of rotatable bonds is 12. The van der Waals surface area contributed by atoms with Crippen LogP contribution >= 0.6 is 0 Å². The van der Waals surface area contributed by atoms with Gasteiger partial charge in [0.25, 0.3) is 0 Å². The first kappa shape index (κ1) is 48.5. The fraction of sp³-hybridized carbons (Fsp3) is 0.938. The zero-order chi connectivity index (χ0) is 31.8. The molecule has 0 saturated carbocycles. The standard InChI is InChI=1S/2C15H32N2.2CHO.Ru/c2*1-10-14(6,7)16-12(13(3,4)5)17-15(8,9)11-2;2*1-2;/h2*12H,10-11H2,1-9H3;2*1H;/q2*-2;2*-1;+6. The number of hydrogen-bond donors (Lipinski definition) is 0. The monoisotopic (exact) mass is 640 g/mol. The Morgan fingerprint density at radius 1 is 0.410 bits per heavy atom. The van der Waals surface area contributed by atoms with E-state index in [-0.39, 0.29) is 64.8 Å². The summed E-state index contributed by atoms with van der Waals surface area (Å²) >= 11 is 0. The summed E-state index contributed by atoms with van der Waals surface area (Å²) in [4.78, 5) is 15.5. The molecule has 0 bridgehead atoms. The molecule has 0 atom stereocenters. The molecule has 0 aromatic carbocycles. The van der Waals surface area contributed by atoms with E-state index in [1.54, 1.807) is 0 Å². The second-order valence-electron chi connectivity index (χ2n) is 14.7. The van der Waals surface area contributed by atoms with Crippen molar-refractivity contribution in [3.63, 3.8) is 0 Å². The van der Waals surface area contributed by atoms with E-state index in [1.807, 2.05) is 0 Å². The van der Waals surface area contributed by atoms with Gasteiger partial charge in [0.1, 0.15) is 0 Å². The molecule has 234 valence electrons. The molecule has 39 heavy (non-hydrogen) atoms. The van der Waals surface area contributed by atoms with Gasteiger partial charge in [-0.3, -0.25) is 13.6 Å². The van der Waals surface area contributed by atoms with Gasteiger partial charge < -0.3 is 30.9 Å². The molecule has 0 saturated heterocycles. The van der Waals surface area contributed by atoms with Crippen molar-refractivity contribution in [2.75, 3.05) is 0 Å². The Bertz CT molecular complexity index is 506. The minimum absolute atomic E-state index is 0. The van der Waals surface area contributed by atoms with Crippen LogP contribution in [0.1, 0.15) is 150 Å². The van der Waals surface area contributed by atoms with Gasteiger partial charge in [-0.25, -0.2) is 12.3 Å². The van der Waals surface area contributed by atoms with E-state index in [2.05, 4.69) is 138 Å². The van der Waals surface area contributed by atoms with Gasteiger partial charge in [0.15, 0.2) is 0 Å². The van der Waals surface area contributed by atoms with Crippen LogP contribution in [0.25, 0.3) is 21.3 Å². The Morgan fingerprint density at radius 2 is 0.538 bits per heavy atom. The Morgan fingerprint density at radius 3 is 0.615 bits per heavy atom. The van der Waals surface area contributed by atoms with Crippen LogP contribution in [0, 0.1) is 10.8 Å². The average Bonchev–Trinajstić information content (AvgIpc) is 2.79. The number of hydrogen-bond acceptors (Lipinski definition) is 2. The second-order valence-corrected chi connectivity index (χ2v) is 14.7. The largest absolute Gasteiger partial charge is 6.00 e. The van der Waals surface area contributed by atoms with Gasteiger partial charge in [0.05, 0.1) is 0 Å². The summed E-state index contributed by atoms with van der Waals surface area (Å²) in [5, 5.41) is 19.9. The molecule has 0 radical (unpaired) electrons. The smallest absolute Gasteiger partial charge is 0.672 e. The summed E-state index contributed by atoms with van der Waals surface area (Å²) in [6.07, 6.45) is 4.38. The predicted molar refractivity (Wildman–Crippen MR) is 171 cm³/mol. The van der Waals surface area contributed by atoms with Gasteiger partial charge in [-0.1, -0.05) is 161 Å². The SMILES string of the molecule is CCC(C)(C)[N-]C([N-]C(C)(C)CC)C(C)(C)C.CCC(C)(C)[N-]C([N-]C(C)(C)CC)C(C)(C)C.[CH-]=O.[CH-]=O.[Ru+6]. The molecular formula is C32H66N4O2Ru. The van der Waals surface area contributed by atoms with Crippen molar-refractivity contribution in [1.29, 1.82) is 0 Å². The number of nitrogens with zero attached hydrogens (tertiary/aromatic N) is 4. The molecule has 0 aliphatic carbocycles. The van der Waals surface area contributed by atoms with E-state index in [9.17, 15) is 0 Å². The van der Waals surface area contributed by atoms with E-state index < -0.39 is 0 Å². The van der Waals surface area contributed by atoms with Crippen molar-refractivity contribution < 1.29 is 29.1 Å². The first-order valence-corrected chi connectivity index (χ1v) is 14.2. The van der Waals surface area contributed by atoms with Gasteiger partial charge in [-0.2, -0.15) is 0 Å². The molecular weight excluding hydrogens is 573 g/mol. The molecule has 0 aromatic heterocycles. The van der Waals surface area contributed by atoms with Gasteiger partial charge >= 0.3 is 19.5 Å². The molecule has 6 nitrogen and oxygen atoms in total. The van der Waals surface area contributed by atoms with Crippen molar-refractivity contribution in [3.8, 4) is 0 Å². The van der Waals surface area contributed by atoms with Crippen LogP contribution in [0.5, 0.6) is 0 Å². The number of carbonyl (C=O) groups excluding carboxylic acids is 2. The van der Waals surface area contributed by atoms with Crippen LogP contribution in [0.15, 0.2) is 0 Å². The van der Waals surface area contributed by atoms with E-state index >= 15 is 0 Å². The summed E-state index contributed by atoms with van der Waals surface area (Å²) in [6.45, 7) is 46.2. The topological polar surface area (TPSA) is 90.5 Å². The van der Waals surface area contributed by atoms with Gasteiger partial charge in [0.2, 0.25) is 0 Å². The van der Waals surface area contributed by atoms with Crippen LogP contribution in [-0.4, -0.2) is 48.1 Å². The minimum atomic E-state index is 0. The zero-order valence-electron chi connectivity index (χ0n) is 29.1. The van der Waals surface area contributed by atoms with Crippen molar-refractivity contribution in [2.24, 2.45) is 10.8 Å². The molecule has 0 amide bonds. The van der Waals surface area contributed by atoms with Crippen molar-refractivity contribution in [1.82, 2.24) is 0 Å². The molecule has 0 spiro atoms. The van der Waals surface area contributed by atoms with Crippen molar-refractivity contribution >= 4 is 13.6 Å². The first-order valence-electron chi connectivity index (χ1n) is 14.2. The summed E-state index contributed by atoms with van der Waals surface area (Å²) in [5.41, 5.74) is 0.269. The third kappa shape index (κ3) is 25.3. The van der Waals surface area contributed by atoms with Crippen LogP contribution in [0.4, 0.5) is 0 Å². The normalized spacial score (nSPS) is 12.8. The molecule has 7 heteroatoms. The predicted octanol–water partition coefficient (Wildman–Crippen LogP) is 10.4. The molecule has 0 aromatic rings. The van der Waals surface area contributed by atoms with E-state index in [0.717, 1.165) is 25.7 Å². The molecule has 0 unspecified atom stereocenters. The summed E-state index contributed by atoms with van der Waals surface area (Å²) in [7, 11) is 0. The maximum Gasteiger partial charge on any atom is 6.00 e. The molecule has 0 N–H and O–H groups in total. The third-order valence-corrected chi connectivity index (χ3v) is 6.90. The average molecular weight is 640 g/mol. The quantitative estimate of drug-likeness (QED) is 0.121. The van der Waals surface area contributed by atoms with Gasteiger partial charge in [0, 0.05) is 0 Å². The van der Waals surface area contributed by atoms with Crippen LogP contribution in [0.3, 0.4) is 0 Å². The molecule has 0 aliphatic heterocycles. The van der Waals surface area contributed by atoms with Gasteiger partial charge in [-0.05, 0) is 0 Å². The minimum Gasteiger partial charge on any atom is -0.672 e. The van der Waals surface area contributed by atoms with Crippen molar-refractivity contribution in [2.45, 2.75) is 185 Å². The Hall–Kier alpha value is -0.197. The maximum absolute atomic E-state index is 7.75. The molecule has 0 rings (SSSR count). The van der Waals surface area contributed by atoms with E-state index in [4.69, 9.17) is 30.9 Å². The Balaban J connectivity index is -0.000000171. The summed E-state index contributed by atoms with van der Waals surface area (Å²) in [6, 6.07) is 0. The first-order chi connectivity index (χ1) is 16.9. The maximum atomic E-state index is 7.75. The fourth-order valence-electron chi connectivity index (χ4n) is 2.52. The van der Waals surface area contributed by atoms with E-state index in [1.165, 1.54) is 0 Å². The zero-order valence-corrected chi connectivity index (χ0v) is 30.8. The molecule has 0 aliphatic rings. The Labute approximate surface area is 258 Å². The van der Waals surface area contributed by atoms with Crippen LogP contribution in [-0.2, 0) is 29.1 Å². The summed E-state index contributed by atoms with van der Waals surface area (Å²) < 4.78 is 0. The molecule has 0 heterocycles. The fourth-order valence-corrected chi connectivity index (χ4v) is 2.52. The Kier molecular flexibility index (Phi) is 25.7. The third-order valence-electron chi connectivity index (χ3n) is 6.90. The second kappa shape index (κ2) is 20.6. The summed E-state index contributed by atoms with van der Waals surface area (Å²) in [5.74, 6) is 0. The van der Waals surface area contributed by atoms with Crippen LogP contribution in [0.2, 0.25) is 0 Å².